The highest BCUT2D eigenvalue weighted by Gasteiger charge is 2.32. The van der Waals surface area contributed by atoms with Crippen LogP contribution in [0.25, 0.3) is 0 Å². The van der Waals surface area contributed by atoms with Crippen LogP contribution in [-0.4, -0.2) is 56.2 Å². The Kier molecular flexibility index (Phi) is 4.15. The number of aromatic amines is 1. The lowest BCUT2D eigenvalue weighted by Crippen LogP contribution is -2.42. The molecule has 116 valence electrons. The molecule has 1 aromatic heterocycles. The van der Waals surface area contributed by atoms with Gasteiger partial charge in [-0.05, 0) is 33.6 Å². The van der Waals surface area contributed by atoms with E-state index in [1.165, 1.54) is 0 Å². The fourth-order valence-corrected chi connectivity index (χ4v) is 2.37. The van der Waals surface area contributed by atoms with Gasteiger partial charge in [0, 0.05) is 19.0 Å². The predicted octanol–water partition coefficient (Wildman–Crippen LogP) is 1.62. The number of amides is 1. The van der Waals surface area contributed by atoms with Gasteiger partial charge in [-0.25, -0.2) is 9.59 Å². The molecule has 1 unspecified atom stereocenters. The number of hydrogen-bond donors (Lipinski definition) is 2. The first kappa shape index (κ1) is 15.3. The number of nitrogens with zero attached hydrogens (tertiary/aromatic N) is 3. The third kappa shape index (κ3) is 3.71. The van der Waals surface area contributed by atoms with Crippen LogP contribution in [0.4, 0.5) is 4.79 Å². The van der Waals surface area contributed by atoms with Gasteiger partial charge in [0.25, 0.3) is 0 Å². The van der Waals surface area contributed by atoms with Gasteiger partial charge in [-0.3, -0.25) is 0 Å². The summed E-state index contributed by atoms with van der Waals surface area (Å²) in [5, 5.41) is 19.0. The van der Waals surface area contributed by atoms with Crippen molar-refractivity contribution in [2.75, 3.05) is 13.1 Å². The number of carboxylic acid groups (broad SMARTS) is 1. The van der Waals surface area contributed by atoms with Gasteiger partial charge in [0.1, 0.15) is 11.3 Å². The average Bonchev–Trinajstić information content (AvgIpc) is 2.86. The number of ether oxygens (including phenoxy) is 1. The molecule has 2 heterocycles. The lowest BCUT2D eigenvalue weighted by atomic mass is 9.94. The van der Waals surface area contributed by atoms with Crippen LogP contribution in [0.2, 0.25) is 0 Å². The third-order valence-corrected chi connectivity index (χ3v) is 3.24. The quantitative estimate of drug-likeness (QED) is 0.858. The van der Waals surface area contributed by atoms with Crippen molar-refractivity contribution in [2.45, 2.75) is 45.1 Å². The molecule has 0 saturated carbocycles. The Morgan fingerprint density at radius 1 is 1.38 bits per heavy atom. The highest BCUT2D eigenvalue weighted by atomic mass is 16.6. The molecule has 8 heteroatoms. The van der Waals surface area contributed by atoms with Gasteiger partial charge in [0.05, 0.1) is 0 Å². The summed E-state index contributed by atoms with van der Waals surface area (Å²) in [6, 6.07) is 0. The number of piperidine rings is 1. The zero-order chi connectivity index (χ0) is 15.6. The maximum absolute atomic E-state index is 12.1. The summed E-state index contributed by atoms with van der Waals surface area (Å²) in [7, 11) is 0. The fourth-order valence-electron chi connectivity index (χ4n) is 2.37. The molecule has 1 aliphatic heterocycles. The topological polar surface area (TPSA) is 108 Å². The van der Waals surface area contributed by atoms with E-state index in [0.29, 0.717) is 18.8 Å². The molecule has 0 bridgehead atoms. The number of rotatable bonds is 2. The first-order chi connectivity index (χ1) is 9.78. The van der Waals surface area contributed by atoms with Crippen molar-refractivity contribution in [3.63, 3.8) is 0 Å². The second kappa shape index (κ2) is 5.71. The number of H-pyrrole nitrogens is 1. The van der Waals surface area contributed by atoms with Gasteiger partial charge in [0.2, 0.25) is 0 Å². The SMILES string of the molecule is CC(C)(C)OC(=O)N1CCCC(c2n[nH]nc2C(=O)O)C1. The number of aromatic carboxylic acids is 1. The molecule has 0 aliphatic carbocycles. The lowest BCUT2D eigenvalue weighted by Gasteiger charge is -2.33. The van der Waals surface area contributed by atoms with Crippen molar-refractivity contribution in [2.24, 2.45) is 0 Å². The first-order valence-electron chi connectivity index (χ1n) is 6.90. The minimum atomic E-state index is -1.12. The smallest absolute Gasteiger partial charge is 0.410 e. The Morgan fingerprint density at radius 3 is 2.71 bits per heavy atom. The third-order valence-electron chi connectivity index (χ3n) is 3.24. The summed E-state index contributed by atoms with van der Waals surface area (Å²) < 4.78 is 5.35. The number of hydrogen-bond acceptors (Lipinski definition) is 5. The molecule has 1 aromatic rings. The summed E-state index contributed by atoms with van der Waals surface area (Å²) >= 11 is 0. The molecule has 0 spiro atoms. The molecule has 1 aliphatic rings. The van der Waals surface area contributed by atoms with Gasteiger partial charge in [-0.15, -0.1) is 5.10 Å². The zero-order valence-corrected chi connectivity index (χ0v) is 12.4. The van der Waals surface area contributed by atoms with Gasteiger partial charge < -0.3 is 14.7 Å². The number of carboxylic acids is 1. The zero-order valence-electron chi connectivity index (χ0n) is 12.4. The monoisotopic (exact) mass is 296 g/mol. The maximum Gasteiger partial charge on any atom is 0.410 e. The molecule has 2 N–H and O–H groups in total. The van der Waals surface area contributed by atoms with E-state index < -0.39 is 11.6 Å². The summed E-state index contributed by atoms with van der Waals surface area (Å²) in [6.45, 7) is 6.43. The molecule has 0 radical (unpaired) electrons. The van der Waals surface area contributed by atoms with Crippen LogP contribution in [0.3, 0.4) is 0 Å². The van der Waals surface area contributed by atoms with Crippen LogP contribution in [0.1, 0.15) is 55.7 Å². The molecule has 1 fully saturated rings. The maximum atomic E-state index is 12.1. The van der Waals surface area contributed by atoms with E-state index in [9.17, 15) is 9.59 Å². The van der Waals surface area contributed by atoms with Gasteiger partial charge >= 0.3 is 12.1 Å². The number of carbonyl (C=O) groups excluding carboxylic acids is 1. The molecule has 8 nitrogen and oxygen atoms in total. The Balaban J connectivity index is 2.09. The average molecular weight is 296 g/mol. The van der Waals surface area contributed by atoms with E-state index in [0.717, 1.165) is 12.8 Å². The second-order valence-corrected chi connectivity index (χ2v) is 6.13. The minimum Gasteiger partial charge on any atom is -0.476 e. The molecule has 0 aromatic carbocycles. The van der Waals surface area contributed by atoms with Crippen molar-refractivity contribution >= 4 is 12.1 Å². The van der Waals surface area contributed by atoms with Crippen molar-refractivity contribution in [1.29, 1.82) is 0 Å². The van der Waals surface area contributed by atoms with Crippen molar-refractivity contribution in [3.05, 3.63) is 11.4 Å². The van der Waals surface area contributed by atoms with Crippen LogP contribution < -0.4 is 0 Å². The molecule has 2 rings (SSSR count). The van der Waals surface area contributed by atoms with Crippen molar-refractivity contribution in [3.8, 4) is 0 Å². The van der Waals surface area contributed by atoms with E-state index in [1.807, 2.05) is 20.8 Å². The Labute approximate surface area is 122 Å². The molecule has 1 atom stereocenters. The van der Waals surface area contributed by atoms with Crippen LogP contribution in [0.5, 0.6) is 0 Å². The lowest BCUT2D eigenvalue weighted by molar-refractivity contribution is 0.0197. The van der Waals surface area contributed by atoms with Gasteiger partial charge in [0.15, 0.2) is 5.69 Å². The number of carbonyl (C=O) groups is 2. The van der Waals surface area contributed by atoms with Crippen molar-refractivity contribution in [1.82, 2.24) is 20.3 Å². The molecular weight excluding hydrogens is 276 g/mol. The Bertz CT molecular complexity index is 535. The van der Waals surface area contributed by atoms with Crippen LogP contribution >= 0.6 is 0 Å². The highest BCUT2D eigenvalue weighted by molar-refractivity contribution is 5.86. The molecule has 1 saturated heterocycles. The summed E-state index contributed by atoms with van der Waals surface area (Å²) in [4.78, 5) is 24.8. The second-order valence-electron chi connectivity index (χ2n) is 6.13. The molecule has 1 amide bonds. The number of nitrogens with one attached hydrogen (secondary N) is 1. The minimum absolute atomic E-state index is 0.0777. The standard InChI is InChI=1S/C13H20N4O4/c1-13(2,3)21-12(20)17-6-4-5-8(7-17)9-10(11(18)19)15-16-14-9/h8H,4-7H2,1-3H3,(H,18,19)(H,14,15,16). The van der Waals surface area contributed by atoms with Crippen LogP contribution in [0.15, 0.2) is 0 Å². The van der Waals surface area contributed by atoms with Crippen LogP contribution in [0, 0.1) is 0 Å². The van der Waals surface area contributed by atoms with E-state index >= 15 is 0 Å². The van der Waals surface area contributed by atoms with E-state index in [2.05, 4.69) is 15.4 Å². The fraction of sp³-hybridized carbons (Fsp3) is 0.692. The highest BCUT2D eigenvalue weighted by Crippen LogP contribution is 2.28. The normalized spacial score (nSPS) is 19.4. The summed E-state index contributed by atoms with van der Waals surface area (Å²) in [5.41, 5.74) is -0.230. The van der Waals surface area contributed by atoms with Gasteiger partial charge in [-0.1, -0.05) is 0 Å². The van der Waals surface area contributed by atoms with E-state index in [1.54, 1.807) is 4.90 Å². The molecular formula is C13H20N4O4. The number of likely N-dealkylation sites (tertiary alicyclic amines) is 1. The predicted molar refractivity (Wildman–Crippen MR) is 73.1 cm³/mol. The van der Waals surface area contributed by atoms with Gasteiger partial charge in [-0.2, -0.15) is 10.3 Å². The van der Waals surface area contributed by atoms with Crippen molar-refractivity contribution < 1.29 is 19.4 Å². The Morgan fingerprint density at radius 2 is 2.10 bits per heavy atom. The first-order valence-corrected chi connectivity index (χ1v) is 6.90. The largest absolute Gasteiger partial charge is 0.476 e. The molecule has 21 heavy (non-hydrogen) atoms. The van der Waals surface area contributed by atoms with Crippen LogP contribution in [-0.2, 0) is 4.74 Å². The number of aromatic nitrogens is 3. The summed E-state index contributed by atoms with van der Waals surface area (Å²) in [6.07, 6.45) is 1.16. The Hall–Kier alpha value is -2.12. The van der Waals surface area contributed by atoms with E-state index in [-0.39, 0.29) is 17.7 Å². The summed E-state index contributed by atoms with van der Waals surface area (Å²) in [5.74, 6) is -1.26. The van der Waals surface area contributed by atoms with E-state index in [4.69, 9.17) is 9.84 Å².